The molecule has 2 atom stereocenters. The van der Waals surface area contributed by atoms with Crippen LogP contribution in [0.4, 0.5) is 11.4 Å². The van der Waals surface area contributed by atoms with Crippen molar-refractivity contribution in [1.82, 2.24) is 0 Å². The van der Waals surface area contributed by atoms with Crippen LogP contribution in [-0.4, -0.2) is 34.8 Å². The van der Waals surface area contributed by atoms with Crippen molar-refractivity contribution in [2.75, 3.05) is 11.9 Å². The summed E-state index contributed by atoms with van der Waals surface area (Å²) in [4.78, 5) is 21.3. The number of nitro groups is 1. The van der Waals surface area contributed by atoms with Crippen LogP contribution in [0.1, 0.15) is 30.1 Å². The Labute approximate surface area is 115 Å². The quantitative estimate of drug-likeness (QED) is 0.648. The Balaban J connectivity index is 2.22. The number of ether oxygens (including phenoxy) is 1. The first kappa shape index (κ1) is 14.3. The molecule has 7 heteroatoms. The second-order valence-corrected chi connectivity index (χ2v) is 4.84. The largest absolute Gasteiger partial charge is 0.478 e. The number of non-ortho nitro benzene ring substituents is 1. The first-order chi connectivity index (χ1) is 9.47. The first-order valence-electron chi connectivity index (χ1n) is 6.37. The van der Waals surface area contributed by atoms with Gasteiger partial charge in [0.1, 0.15) is 0 Å². The maximum atomic E-state index is 11.2. The second-order valence-electron chi connectivity index (χ2n) is 4.84. The number of aromatic carboxylic acids is 1. The highest BCUT2D eigenvalue weighted by Gasteiger charge is 2.22. The molecular formula is C13H16N2O5. The molecule has 1 fully saturated rings. The van der Waals surface area contributed by atoms with Crippen molar-refractivity contribution in [3.63, 3.8) is 0 Å². The minimum Gasteiger partial charge on any atom is -0.478 e. The van der Waals surface area contributed by atoms with Crippen LogP contribution in [0.2, 0.25) is 0 Å². The van der Waals surface area contributed by atoms with E-state index >= 15 is 0 Å². The molecule has 0 aromatic heterocycles. The number of carboxylic acid groups (broad SMARTS) is 1. The Kier molecular flexibility index (Phi) is 4.19. The molecule has 20 heavy (non-hydrogen) atoms. The fourth-order valence-corrected chi connectivity index (χ4v) is 2.30. The van der Waals surface area contributed by atoms with Gasteiger partial charge in [0.25, 0.3) is 5.69 Å². The van der Waals surface area contributed by atoms with Crippen molar-refractivity contribution >= 4 is 17.3 Å². The van der Waals surface area contributed by atoms with Crippen molar-refractivity contribution in [3.8, 4) is 0 Å². The van der Waals surface area contributed by atoms with E-state index < -0.39 is 10.9 Å². The number of benzene rings is 1. The lowest BCUT2D eigenvalue weighted by atomic mass is 10.0. The van der Waals surface area contributed by atoms with Crippen LogP contribution in [0.15, 0.2) is 18.2 Å². The highest BCUT2D eigenvalue weighted by molar-refractivity contribution is 5.95. The third-order valence-corrected chi connectivity index (χ3v) is 3.29. The van der Waals surface area contributed by atoms with Gasteiger partial charge < -0.3 is 15.2 Å². The molecule has 0 saturated carbocycles. The molecule has 7 nitrogen and oxygen atoms in total. The Morgan fingerprint density at radius 3 is 2.90 bits per heavy atom. The molecule has 0 radical (unpaired) electrons. The van der Waals surface area contributed by atoms with Gasteiger partial charge in [-0.15, -0.1) is 0 Å². The third-order valence-electron chi connectivity index (χ3n) is 3.29. The standard InChI is InChI=1S/C13H16N2O5/c1-8-6-9(4-5-20-8)14-12-3-2-10(15(18)19)7-11(12)13(16)17/h2-3,7-9,14H,4-6H2,1H3,(H,16,17). The van der Waals surface area contributed by atoms with Gasteiger partial charge in [0.2, 0.25) is 0 Å². The number of hydrogen-bond acceptors (Lipinski definition) is 5. The van der Waals surface area contributed by atoms with Crippen LogP contribution in [0, 0.1) is 10.1 Å². The predicted molar refractivity (Wildman–Crippen MR) is 72.1 cm³/mol. The van der Waals surface area contributed by atoms with E-state index in [1.54, 1.807) is 0 Å². The summed E-state index contributed by atoms with van der Waals surface area (Å²) in [7, 11) is 0. The van der Waals surface area contributed by atoms with E-state index in [0.717, 1.165) is 18.9 Å². The lowest BCUT2D eigenvalue weighted by Gasteiger charge is -2.29. The predicted octanol–water partition coefficient (Wildman–Crippen LogP) is 2.27. The zero-order valence-corrected chi connectivity index (χ0v) is 11.0. The number of carboxylic acids is 1. The minimum absolute atomic E-state index is 0.0849. The monoisotopic (exact) mass is 280 g/mol. The van der Waals surface area contributed by atoms with E-state index in [1.807, 2.05) is 6.92 Å². The highest BCUT2D eigenvalue weighted by Crippen LogP contribution is 2.25. The Bertz CT molecular complexity index is 531. The number of nitrogens with one attached hydrogen (secondary N) is 1. The van der Waals surface area contributed by atoms with Gasteiger partial charge in [0.05, 0.1) is 16.6 Å². The van der Waals surface area contributed by atoms with Gasteiger partial charge in [-0.3, -0.25) is 10.1 Å². The van der Waals surface area contributed by atoms with E-state index in [4.69, 9.17) is 9.84 Å². The van der Waals surface area contributed by atoms with Gasteiger partial charge in [0, 0.05) is 30.5 Å². The van der Waals surface area contributed by atoms with Crippen LogP contribution in [0.5, 0.6) is 0 Å². The smallest absolute Gasteiger partial charge is 0.338 e. The van der Waals surface area contributed by atoms with Crippen LogP contribution in [0.25, 0.3) is 0 Å². The van der Waals surface area contributed by atoms with Crippen molar-refractivity contribution in [2.45, 2.75) is 31.9 Å². The molecule has 1 aliphatic rings. The fourth-order valence-electron chi connectivity index (χ4n) is 2.30. The van der Waals surface area contributed by atoms with Crippen LogP contribution >= 0.6 is 0 Å². The van der Waals surface area contributed by atoms with E-state index in [2.05, 4.69) is 5.32 Å². The van der Waals surface area contributed by atoms with E-state index in [-0.39, 0.29) is 23.4 Å². The molecule has 0 aliphatic carbocycles. The molecule has 0 amide bonds. The van der Waals surface area contributed by atoms with Gasteiger partial charge in [-0.05, 0) is 25.8 Å². The summed E-state index contributed by atoms with van der Waals surface area (Å²) in [6.45, 7) is 2.58. The molecule has 108 valence electrons. The average Bonchev–Trinajstić information content (AvgIpc) is 2.38. The third kappa shape index (κ3) is 3.24. The van der Waals surface area contributed by atoms with Crippen LogP contribution in [0.3, 0.4) is 0 Å². The molecule has 2 N–H and O–H groups in total. The number of nitro benzene ring substituents is 1. The molecule has 1 saturated heterocycles. The maximum absolute atomic E-state index is 11.2. The number of carbonyl (C=O) groups is 1. The average molecular weight is 280 g/mol. The lowest BCUT2D eigenvalue weighted by molar-refractivity contribution is -0.384. The number of nitrogens with zero attached hydrogens (tertiary/aromatic N) is 1. The lowest BCUT2D eigenvalue weighted by Crippen LogP contribution is -2.32. The van der Waals surface area contributed by atoms with Crippen molar-refractivity contribution < 1.29 is 19.6 Å². The summed E-state index contributed by atoms with van der Waals surface area (Å²) in [6.07, 6.45) is 1.67. The number of rotatable bonds is 4. The van der Waals surface area contributed by atoms with Gasteiger partial charge >= 0.3 is 5.97 Å². The second kappa shape index (κ2) is 5.87. The Hall–Kier alpha value is -2.15. The SMILES string of the molecule is CC1CC(Nc2ccc([N+](=O)[O-])cc2C(=O)O)CCO1. The number of hydrogen-bond donors (Lipinski definition) is 2. The first-order valence-corrected chi connectivity index (χ1v) is 6.37. The molecule has 1 aliphatic heterocycles. The Morgan fingerprint density at radius 2 is 2.30 bits per heavy atom. The molecule has 1 aromatic carbocycles. The zero-order valence-electron chi connectivity index (χ0n) is 11.0. The van der Waals surface area contributed by atoms with Crippen molar-refractivity contribution in [2.24, 2.45) is 0 Å². The van der Waals surface area contributed by atoms with Crippen molar-refractivity contribution in [1.29, 1.82) is 0 Å². The summed E-state index contributed by atoms with van der Waals surface area (Å²) >= 11 is 0. The highest BCUT2D eigenvalue weighted by atomic mass is 16.6. The summed E-state index contributed by atoms with van der Waals surface area (Å²) in [5.41, 5.74) is 0.0915. The summed E-state index contributed by atoms with van der Waals surface area (Å²) in [5, 5.41) is 23.0. The Morgan fingerprint density at radius 1 is 1.55 bits per heavy atom. The minimum atomic E-state index is -1.18. The molecule has 2 unspecified atom stereocenters. The summed E-state index contributed by atoms with van der Waals surface area (Å²) in [5.74, 6) is -1.18. The summed E-state index contributed by atoms with van der Waals surface area (Å²) in [6, 6.07) is 3.94. The van der Waals surface area contributed by atoms with E-state index in [9.17, 15) is 14.9 Å². The number of anilines is 1. The topological polar surface area (TPSA) is 102 Å². The van der Waals surface area contributed by atoms with E-state index in [1.165, 1.54) is 12.1 Å². The molecule has 1 heterocycles. The van der Waals surface area contributed by atoms with Gasteiger partial charge in [-0.2, -0.15) is 0 Å². The zero-order chi connectivity index (χ0) is 14.7. The van der Waals surface area contributed by atoms with Gasteiger partial charge in [-0.1, -0.05) is 0 Å². The fraction of sp³-hybridized carbons (Fsp3) is 0.462. The van der Waals surface area contributed by atoms with Crippen LogP contribution < -0.4 is 5.32 Å². The van der Waals surface area contributed by atoms with E-state index in [0.29, 0.717) is 12.3 Å². The van der Waals surface area contributed by atoms with Crippen LogP contribution in [-0.2, 0) is 4.74 Å². The molecule has 0 spiro atoms. The molecular weight excluding hydrogens is 264 g/mol. The molecule has 0 bridgehead atoms. The normalized spacial score (nSPS) is 22.2. The van der Waals surface area contributed by atoms with Gasteiger partial charge in [0.15, 0.2) is 0 Å². The maximum Gasteiger partial charge on any atom is 0.338 e. The van der Waals surface area contributed by atoms with Gasteiger partial charge in [-0.25, -0.2) is 4.79 Å². The molecule has 1 aromatic rings. The molecule has 2 rings (SSSR count). The van der Waals surface area contributed by atoms with Crippen molar-refractivity contribution in [3.05, 3.63) is 33.9 Å². The summed E-state index contributed by atoms with van der Waals surface area (Å²) < 4.78 is 5.43.